The summed E-state index contributed by atoms with van der Waals surface area (Å²) in [6.45, 7) is 4.66. The zero-order valence-corrected chi connectivity index (χ0v) is 19.7. The third kappa shape index (κ3) is 4.72. The van der Waals surface area contributed by atoms with E-state index in [2.05, 4.69) is 56.1 Å². The zero-order valence-electron chi connectivity index (χ0n) is 18.9. The van der Waals surface area contributed by atoms with Crippen LogP contribution in [0, 0.1) is 6.92 Å². The summed E-state index contributed by atoms with van der Waals surface area (Å²) in [5, 5.41) is 13.8. The van der Waals surface area contributed by atoms with Crippen LogP contribution in [0.3, 0.4) is 0 Å². The summed E-state index contributed by atoms with van der Waals surface area (Å²) in [7, 11) is 0. The number of aromatic nitrogens is 5. The predicted molar refractivity (Wildman–Crippen MR) is 132 cm³/mol. The van der Waals surface area contributed by atoms with E-state index in [1.165, 1.54) is 17.3 Å². The smallest absolute Gasteiger partial charge is 0.237 e. The minimum absolute atomic E-state index is 0.475. The number of hydrogen-bond donors (Lipinski definition) is 0. The number of nitrogens with zero attached hydrogens (tertiary/aromatic N) is 5. The van der Waals surface area contributed by atoms with Crippen LogP contribution in [-0.2, 0) is 5.75 Å². The average Bonchev–Trinajstić information content (AvgIpc) is 3.52. The van der Waals surface area contributed by atoms with Crippen molar-refractivity contribution in [1.29, 1.82) is 0 Å². The van der Waals surface area contributed by atoms with Crippen LogP contribution in [0.15, 0.2) is 88.5 Å². The first-order valence-corrected chi connectivity index (χ1v) is 12.0. The molecule has 0 N–H and O–H groups in total. The Bertz CT molecular complexity index is 1360. The van der Waals surface area contributed by atoms with Gasteiger partial charge < -0.3 is 9.26 Å². The van der Waals surface area contributed by atoms with E-state index in [1.54, 1.807) is 0 Å². The van der Waals surface area contributed by atoms with E-state index >= 15 is 0 Å². The molecule has 0 aliphatic rings. The third-order valence-electron chi connectivity index (χ3n) is 5.17. The molecule has 0 spiro atoms. The lowest BCUT2D eigenvalue weighted by Gasteiger charge is -2.10. The molecule has 0 saturated carbocycles. The highest BCUT2D eigenvalue weighted by molar-refractivity contribution is 7.98. The molecule has 0 aliphatic carbocycles. The molecule has 0 saturated heterocycles. The van der Waals surface area contributed by atoms with E-state index < -0.39 is 0 Å². The lowest BCUT2D eigenvalue weighted by molar-refractivity contribution is 0.340. The Hall–Kier alpha value is -3.91. The molecule has 2 aromatic heterocycles. The average molecular weight is 470 g/mol. The standard InChI is InChI=1S/C26H23N5O2S/c1-3-32-22-15-11-19(12-16-22)24-27-23(33-30-24)17-34-26-29-28-25(20-7-5-4-6-8-20)31(26)21-13-9-18(2)10-14-21/h4-16H,3,17H2,1-2H3. The zero-order chi connectivity index (χ0) is 23.3. The minimum Gasteiger partial charge on any atom is -0.494 e. The molecule has 0 atom stereocenters. The van der Waals surface area contributed by atoms with E-state index in [1.807, 2.05) is 61.5 Å². The number of hydrogen-bond acceptors (Lipinski definition) is 7. The van der Waals surface area contributed by atoms with Gasteiger partial charge >= 0.3 is 0 Å². The van der Waals surface area contributed by atoms with Crippen LogP contribution in [0.5, 0.6) is 5.75 Å². The van der Waals surface area contributed by atoms with Gasteiger partial charge in [-0.25, -0.2) is 0 Å². The van der Waals surface area contributed by atoms with Crippen LogP contribution in [0.1, 0.15) is 18.4 Å². The molecule has 5 rings (SSSR count). The molecule has 0 radical (unpaired) electrons. The summed E-state index contributed by atoms with van der Waals surface area (Å²) in [5.74, 6) is 3.14. The predicted octanol–water partition coefficient (Wildman–Crippen LogP) is 5.98. The highest BCUT2D eigenvalue weighted by Gasteiger charge is 2.18. The summed E-state index contributed by atoms with van der Waals surface area (Å²) in [4.78, 5) is 4.55. The second-order valence-corrected chi connectivity index (χ2v) is 8.54. The summed E-state index contributed by atoms with van der Waals surface area (Å²) in [6, 6.07) is 26.0. The highest BCUT2D eigenvalue weighted by Crippen LogP contribution is 2.30. The van der Waals surface area contributed by atoms with Gasteiger partial charge in [0.15, 0.2) is 11.0 Å². The van der Waals surface area contributed by atoms with Gasteiger partial charge in [-0.15, -0.1) is 10.2 Å². The largest absolute Gasteiger partial charge is 0.494 e. The van der Waals surface area contributed by atoms with Crippen molar-refractivity contribution in [2.24, 2.45) is 0 Å². The van der Waals surface area contributed by atoms with Gasteiger partial charge in [0, 0.05) is 16.8 Å². The van der Waals surface area contributed by atoms with Crippen molar-refractivity contribution in [3.63, 3.8) is 0 Å². The molecule has 34 heavy (non-hydrogen) atoms. The van der Waals surface area contributed by atoms with Crippen molar-refractivity contribution >= 4 is 11.8 Å². The number of aryl methyl sites for hydroxylation is 1. The van der Waals surface area contributed by atoms with E-state index in [0.29, 0.717) is 24.1 Å². The third-order valence-corrected chi connectivity index (χ3v) is 6.09. The first-order valence-electron chi connectivity index (χ1n) is 11.0. The molecule has 3 aromatic carbocycles. The first kappa shape index (κ1) is 21.9. The Balaban J connectivity index is 1.39. The van der Waals surface area contributed by atoms with Gasteiger partial charge in [0.25, 0.3) is 0 Å². The molecule has 170 valence electrons. The maximum absolute atomic E-state index is 5.50. The fraction of sp³-hybridized carbons (Fsp3) is 0.154. The van der Waals surface area contributed by atoms with Crippen LogP contribution < -0.4 is 4.74 Å². The quantitative estimate of drug-likeness (QED) is 0.259. The molecular weight excluding hydrogens is 446 g/mol. The Morgan fingerprint density at radius 2 is 1.65 bits per heavy atom. The Labute approximate surface area is 201 Å². The maximum Gasteiger partial charge on any atom is 0.237 e. The fourth-order valence-electron chi connectivity index (χ4n) is 3.49. The van der Waals surface area contributed by atoms with Gasteiger partial charge in [0.1, 0.15) is 5.75 Å². The van der Waals surface area contributed by atoms with Gasteiger partial charge in [0.2, 0.25) is 11.7 Å². The van der Waals surface area contributed by atoms with Crippen molar-refractivity contribution in [2.75, 3.05) is 6.61 Å². The summed E-state index contributed by atoms with van der Waals surface area (Å²) < 4.78 is 13.1. The van der Waals surface area contributed by atoms with Crippen molar-refractivity contribution in [3.05, 3.63) is 90.3 Å². The second kappa shape index (κ2) is 9.93. The molecule has 2 heterocycles. The monoisotopic (exact) mass is 469 g/mol. The van der Waals surface area contributed by atoms with Crippen LogP contribution in [0.4, 0.5) is 0 Å². The summed E-state index contributed by atoms with van der Waals surface area (Å²) in [5.41, 5.74) is 4.06. The highest BCUT2D eigenvalue weighted by atomic mass is 32.2. The van der Waals surface area contributed by atoms with Gasteiger partial charge in [-0.3, -0.25) is 4.57 Å². The van der Waals surface area contributed by atoms with Crippen LogP contribution in [-0.4, -0.2) is 31.5 Å². The number of rotatable bonds is 8. The van der Waals surface area contributed by atoms with Gasteiger partial charge in [-0.05, 0) is 50.2 Å². The van der Waals surface area contributed by atoms with E-state index in [9.17, 15) is 0 Å². The molecule has 8 heteroatoms. The lowest BCUT2D eigenvalue weighted by atomic mass is 10.2. The summed E-state index contributed by atoms with van der Waals surface area (Å²) in [6.07, 6.45) is 0. The van der Waals surface area contributed by atoms with Crippen molar-refractivity contribution in [1.82, 2.24) is 24.9 Å². The number of benzene rings is 3. The maximum atomic E-state index is 5.50. The van der Waals surface area contributed by atoms with Crippen molar-refractivity contribution in [2.45, 2.75) is 24.8 Å². The molecule has 0 bridgehead atoms. The van der Waals surface area contributed by atoms with Gasteiger partial charge in [-0.2, -0.15) is 4.98 Å². The molecule has 7 nitrogen and oxygen atoms in total. The minimum atomic E-state index is 0.475. The number of thioether (sulfide) groups is 1. The first-order chi connectivity index (χ1) is 16.7. The lowest BCUT2D eigenvalue weighted by Crippen LogP contribution is -2.00. The van der Waals surface area contributed by atoms with Crippen molar-refractivity contribution < 1.29 is 9.26 Å². The van der Waals surface area contributed by atoms with E-state index in [-0.39, 0.29) is 0 Å². The summed E-state index contributed by atoms with van der Waals surface area (Å²) >= 11 is 1.51. The van der Waals surface area contributed by atoms with Crippen LogP contribution >= 0.6 is 11.8 Å². The van der Waals surface area contributed by atoms with Crippen molar-refractivity contribution in [3.8, 4) is 34.2 Å². The number of ether oxygens (including phenoxy) is 1. The molecule has 0 amide bonds. The Morgan fingerprint density at radius 1 is 0.882 bits per heavy atom. The Kier molecular flexibility index (Phi) is 6.40. The topological polar surface area (TPSA) is 78.9 Å². The van der Waals surface area contributed by atoms with Gasteiger partial charge in [-0.1, -0.05) is 64.9 Å². The molecule has 5 aromatic rings. The second-order valence-electron chi connectivity index (χ2n) is 7.60. The van der Waals surface area contributed by atoms with E-state index in [0.717, 1.165) is 33.5 Å². The van der Waals surface area contributed by atoms with Crippen LogP contribution in [0.25, 0.3) is 28.5 Å². The Morgan fingerprint density at radius 3 is 2.38 bits per heavy atom. The molecule has 0 unspecified atom stereocenters. The molecular formula is C26H23N5O2S. The van der Waals surface area contributed by atoms with Crippen LogP contribution in [0.2, 0.25) is 0 Å². The normalized spacial score (nSPS) is 11.0. The molecule has 0 fully saturated rings. The van der Waals surface area contributed by atoms with Gasteiger partial charge in [0.05, 0.1) is 12.4 Å². The molecule has 0 aliphatic heterocycles. The fourth-order valence-corrected chi connectivity index (χ4v) is 4.28. The van der Waals surface area contributed by atoms with E-state index in [4.69, 9.17) is 9.26 Å². The SMILES string of the molecule is CCOc1ccc(-c2noc(CSc3nnc(-c4ccccc4)n3-c3ccc(C)cc3)n2)cc1.